The highest BCUT2D eigenvalue weighted by Crippen LogP contribution is 2.08. The highest BCUT2D eigenvalue weighted by molar-refractivity contribution is 7.89. The molecule has 8 heteroatoms. The minimum atomic E-state index is -3.74. The summed E-state index contributed by atoms with van der Waals surface area (Å²) in [6.07, 6.45) is 2.45. The lowest BCUT2D eigenvalue weighted by Gasteiger charge is -2.11. The number of nitrogens with zero attached hydrogens (tertiary/aromatic N) is 1. The van der Waals surface area contributed by atoms with E-state index in [4.69, 9.17) is 10.5 Å². The second-order valence-corrected chi connectivity index (χ2v) is 5.51. The molecule has 1 aromatic heterocycles. The van der Waals surface area contributed by atoms with Gasteiger partial charge in [-0.3, -0.25) is 4.98 Å². The summed E-state index contributed by atoms with van der Waals surface area (Å²) in [7, 11) is -2.23. The monoisotopic (exact) mass is 277 g/mol. The van der Waals surface area contributed by atoms with Gasteiger partial charge in [-0.25, -0.2) is 17.5 Å². The number of rotatable bonds is 7. The fraction of sp³-hybridized carbons (Fsp3) is 0.500. The topological polar surface area (TPSA) is 94.3 Å². The molecule has 0 fully saturated rings. The second-order valence-electron chi connectivity index (χ2n) is 3.74. The third kappa shape index (κ3) is 4.65. The first kappa shape index (κ1) is 15.0. The molecule has 18 heavy (non-hydrogen) atoms. The maximum Gasteiger partial charge on any atom is 0.242 e. The van der Waals surface area contributed by atoms with Gasteiger partial charge >= 0.3 is 0 Å². The van der Waals surface area contributed by atoms with E-state index in [1.54, 1.807) is 0 Å². The van der Waals surface area contributed by atoms with E-state index in [9.17, 15) is 12.8 Å². The van der Waals surface area contributed by atoms with Gasteiger partial charge in [0.05, 0.1) is 12.8 Å². The molecule has 1 unspecified atom stereocenters. The molecule has 1 atom stereocenters. The Bertz CT molecular complexity index is 481. The number of halogens is 1. The molecular weight excluding hydrogens is 261 g/mol. The molecule has 0 spiro atoms. The maximum absolute atomic E-state index is 12.9. The number of pyridine rings is 1. The molecule has 0 aliphatic heterocycles. The van der Waals surface area contributed by atoms with Crippen molar-refractivity contribution in [2.45, 2.75) is 17.4 Å². The molecule has 6 nitrogen and oxygen atoms in total. The molecule has 0 saturated carbocycles. The van der Waals surface area contributed by atoms with Crippen molar-refractivity contribution in [2.24, 2.45) is 5.73 Å². The molecule has 1 aromatic rings. The predicted molar refractivity (Wildman–Crippen MR) is 63.9 cm³/mol. The minimum absolute atomic E-state index is 0.156. The van der Waals surface area contributed by atoms with Gasteiger partial charge in [-0.05, 0) is 12.5 Å². The number of aromatic nitrogens is 1. The van der Waals surface area contributed by atoms with Crippen molar-refractivity contribution < 1.29 is 17.5 Å². The van der Waals surface area contributed by atoms with Crippen LogP contribution in [0.2, 0.25) is 0 Å². The van der Waals surface area contributed by atoms with Crippen LogP contribution in [0.5, 0.6) is 0 Å². The SMILES string of the molecule is COCC(N)CCNS(=O)(=O)c1cncc(F)c1. The quantitative estimate of drug-likeness (QED) is 0.723. The number of nitrogens with two attached hydrogens (primary N) is 1. The zero-order chi connectivity index (χ0) is 13.6. The van der Waals surface area contributed by atoms with E-state index in [-0.39, 0.29) is 17.5 Å². The number of ether oxygens (including phenoxy) is 1. The lowest BCUT2D eigenvalue weighted by Crippen LogP contribution is -2.33. The Morgan fingerprint density at radius 2 is 2.28 bits per heavy atom. The molecular formula is C10H16FN3O3S. The van der Waals surface area contributed by atoms with E-state index in [0.717, 1.165) is 18.5 Å². The lowest BCUT2D eigenvalue weighted by atomic mass is 10.2. The Morgan fingerprint density at radius 3 is 2.89 bits per heavy atom. The molecule has 0 amide bonds. The number of nitrogens with one attached hydrogen (secondary N) is 1. The van der Waals surface area contributed by atoms with Crippen LogP contribution in [0.3, 0.4) is 0 Å². The van der Waals surface area contributed by atoms with Crippen molar-refractivity contribution in [3.63, 3.8) is 0 Å². The zero-order valence-electron chi connectivity index (χ0n) is 9.97. The third-order valence-electron chi connectivity index (χ3n) is 2.18. The average Bonchev–Trinajstić information content (AvgIpc) is 2.29. The molecule has 1 heterocycles. The summed E-state index contributed by atoms with van der Waals surface area (Å²) in [4.78, 5) is 3.28. The van der Waals surface area contributed by atoms with Crippen molar-refractivity contribution in [3.8, 4) is 0 Å². The largest absolute Gasteiger partial charge is 0.383 e. The van der Waals surface area contributed by atoms with E-state index in [2.05, 4.69) is 9.71 Å². The molecule has 0 aromatic carbocycles. The van der Waals surface area contributed by atoms with Crippen molar-refractivity contribution in [1.82, 2.24) is 9.71 Å². The zero-order valence-corrected chi connectivity index (χ0v) is 10.8. The predicted octanol–water partition coefficient (Wildman–Crippen LogP) is -0.137. The summed E-state index contributed by atoms with van der Waals surface area (Å²) < 4.78 is 43.5. The molecule has 102 valence electrons. The van der Waals surface area contributed by atoms with Crippen LogP contribution in [-0.2, 0) is 14.8 Å². The van der Waals surface area contributed by atoms with Crippen molar-refractivity contribution in [2.75, 3.05) is 20.3 Å². The molecule has 0 saturated heterocycles. The van der Waals surface area contributed by atoms with Gasteiger partial charge in [0.25, 0.3) is 0 Å². The summed E-state index contributed by atoms with van der Waals surface area (Å²) in [5.74, 6) is -0.700. The Labute approximate surface area is 105 Å². The van der Waals surface area contributed by atoms with Crippen molar-refractivity contribution in [1.29, 1.82) is 0 Å². The van der Waals surface area contributed by atoms with Gasteiger partial charge in [-0.15, -0.1) is 0 Å². The average molecular weight is 277 g/mol. The number of hydrogen-bond donors (Lipinski definition) is 2. The summed E-state index contributed by atoms with van der Waals surface area (Å²) in [6, 6.07) is 0.660. The molecule has 3 N–H and O–H groups in total. The van der Waals surface area contributed by atoms with Crippen LogP contribution >= 0.6 is 0 Å². The van der Waals surface area contributed by atoms with Gasteiger partial charge in [-0.2, -0.15) is 0 Å². The summed E-state index contributed by atoms with van der Waals surface area (Å²) in [5, 5.41) is 0. The smallest absolute Gasteiger partial charge is 0.242 e. The van der Waals surface area contributed by atoms with Gasteiger partial charge in [-0.1, -0.05) is 0 Å². The van der Waals surface area contributed by atoms with Crippen LogP contribution in [0, 0.1) is 5.82 Å². The van der Waals surface area contributed by atoms with Crippen molar-refractivity contribution in [3.05, 3.63) is 24.3 Å². The van der Waals surface area contributed by atoms with Gasteiger partial charge in [0, 0.05) is 25.9 Å². The Morgan fingerprint density at radius 1 is 1.56 bits per heavy atom. The Hall–Kier alpha value is -1.09. The fourth-order valence-corrected chi connectivity index (χ4v) is 2.32. The summed E-state index contributed by atoms with van der Waals surface area (Å²) in [5.41, 5.74) is 5.64. The van der Waals surface area contributed by atoms with E-state index < -0.39 is 15.8 Å². The highest BCUT2D eigenvalue weighted by atomic mass is 32.2. The number of sulfonamides is 1. The van der Waals surface area contributed by atoms with Crippen LogP contribution in [0.15, 0.2) is 23.4 Å². The van der Waals surface area contributed by atoms with E-state index >= 15 is 0 Å². The van der Waals surface area contributed by atoms with Crippen LogP contribution in [-0.4, -0.2) is 39.7 Å². The lowest BCUT2D eigenvalue weighted by molar-refractivity contribution is 0.177. The van der Waals surface area contributed by atoms with Gasteiger partial charge in [0.15, 0.2) is 0 Å². The summed E-state index contributed by atoms with van der Waals surface area (Å²) >= 11 is 0. The molecule has 1 rings (SSSR count). The van der Waals surface area contributed by atoms with Crippen LogP contribution in [0.4, 0.5) is 4.39 Å². The normalized spacial score (nSPS) is 13.5. The standard InChI is InChI=1S/C10H16FN3O3S/c1-17-7-9(12)2-3-14-18(15,16)10-4-8(11)5-13-6-10/h4-6,9,14H,2-3,7,12H2,1H3. The fourth-order valence-electron chi connectivity index (χ4n) is 1.30. The second kappa shape index (κ2) is 6.74. The van der Waals surface area contributed by atoms with Crippen LogP contribution in [0.25, 0.3) is 0 Å². The first-order valence-corrected chi connectivity index (χ1v) is 6.79. The first-order chi connectivity index (χ1) is 8.45. The molecule has 0 aliphatic rings. The van der Waals surface area contributed by atoms with Gasteiger partial charge in [0.2, 0.25) is 10.0 Å². The van der Waals surface area contributed by atoms with Crippen LogP contribution in [0.1, 0.15) is 6.42 Å². The molecule has 0 bridgehead atoms. The van der Waals surface area contributed by atoms with E-state index in [1.807, 2.05) is 0 Å². The molecule has 0 radical (unpaired) electrons. The van der Waals surface area contributed by atoms with Crippen molar-refractivity contribution >= 4 is 10.0 Å². The Kier molecular flexibility index (Phi) is 5.60. The van der Waals surface area contributed by atoms with Crippen LogP contribution < -0.4 is 10.5 Å². The number of hydrogen-bond acceptors (Lipinski definition) is 5. The first-order valence-electron chi connectivity index (χ1n) is 5.30. The maximum atomic E-state index is 12.9. The van der Waals surface area contributed by atoms with E-state index in [0.29, 0.717) is 13.0 Å². The molecule has 0 aliphatic carbocycles. The van der Waals surface area contributed by atoms with Gasteiger partial charge in [0.1, 0.15) is 10.7 Å². The van der Waals surface area contributed by atoms with Gasteiger partial charge < -0.3 is 10.5 Å². The minimum Gasteiger partial charge on any atom is -0.383 e. The number of methoxy groups -OCH3 is 1. The third-order valence-corrected chi connectivity index (χ3v) is 3.61. The highest BCUT2D eigenvalue weighted by Gasteiger charge is 2.15. The Balaban J connectivity index is 2.55. The summed E-state index contributed by atoms with van der Waals surface area (Å²) in [6.45, 7) is 0.507. The van der Waals surface area contributed by atoms with E-state index in [1.165, 1.54) is 7.11 Å².